The average Bonchev–Trinajstić information content (AvgIpc) is 2.19. The molecule has 0 aromatic carbocycles. The third kappa shape index (κ3) is 1.99. The number of nitrogens with two attached hydrogens (primary N) is 1. The molecule has 0 saturated heterocycles. The van der Waals surface area contributed by atoms with E-state index in [9.17, 15) is 0 Å². The van der Waals surface area contributed by atoms with E-state index in [1.54, 1.807) is 14.2 Å². The van der Waals surface area contributed by atoms with Gasteiger partial charge in [0.2, 0.25) is 0 Å². The summed E-state index contributed by atoms with van der Waals surface area (Å²) in [7, 11) is 3.36. The minimum absolute atomic E-state index is 0.0361. The Bertz CT molecular complexity index is 213. The van der Waals surface area contributed by atoms with Gasteiger partial charge in [-0.3, -0.25) is 0 Å². The Labute approximate surface area is 79.2 Å². The number of rotatable bonds is 4. The van der Waals surface area contributed by atoms with Crippen LogP contribution in [0.2, 0.25) is 0 Å². The molecule has 0 amide bonds. The summed E-state index contributed by atoms with van der Waals surface area (Å²) in [4.78, 5) is 0. The van der Waals surface area contributed by atoms with Crippen molar-refractivity contribution in [3.05, 3.63) is 24.3 Å². The van der Waals surface area contributed by atoms with E-state index in [0.29, 0.717) is 6.54 Å². The number of methoxy groups -OCH3 is 2. The molecular formula is C10H17NO2. The van der Waals surface area contributed by atoms with Gasteiger partial charge >= 0.3 is 0 Å². The Kier molecular flexibility index (Phi) is 3.66. The molecule has 1 rings (SSSR count). The van der Waals surface area contributed by atoms with Gasteiger partial charge in [-0.1, -0.05) is 18.2 Å². The van der Waals surface area contributed by atoms with Gasteiger partial charge < -0.3 is 15.2 Å². The van der Waals surface area contributed by atoms with Crippen LogP contribution in [0.15, 0.2) is 24.3 Å². The summed E-state index contributed by atoms with van der Waals surface area (Å²) in [6.07, 6.45) is 8.65. The van der Waals surface area contributed by atoms with Crippen molar-refractivity contribution in [1.29, 1.82) is 0 Å². The van der Waals surface area contributed by atoms with E-state index in [0.717, 1.165) is 6.42 Å². The van der Waals surface area contributed by atoms with Gasteiger partial charge in [0.05, 0.1) is 0 Å². The summed E-state index contributed by atoms with van der Waals surface area (Å²) in [6.45, 7) is 0.589. The van der Waals surface area contributed by atoms with Crippen LogP contribution in [0.5, 0.6) is 0 Å². The maximum absolute atomic E-state index is 5.54. The summed E-state index contributed by atoms with van der Waals surface area (Å²) in [5.74, 6) is 0. The second-order valence-corrected chi connectivity index (χ2v) is 3.10. The van der Waals surface area contributed by atoms with Crippen molar-refractivity contribution in [2.75, 3.05) is 20.8 Å². The van der Waals surface area contributed by atoms with Crippen molar-refractivity contribution >= 4 is 0 Å². The molecule has 0 heterocycles. The topological polar surface area (TPSA) is 44.5 Å². The first kappa shape index (κ1) is 10.4. The monoisotopic (exact) mass is 183 g/mol. The summed E-state index contributed by atoms with van der Waals surface area (Å²) in [6, 6.07) is 0. The molecule has 0 aromatic rings. The third-order valence-electron chi connectivity index (χ3n) is 2.43. The predicted octanol–water partition coefficient (Wildman–Crippen LogP) is 0.861. The molecule has 0 aromatic heterocycles. The van der Waals surface area contributed by atoms with Crippen LogP contribution in [-0.4, -0.2) is 32.5 Å². The van der Waals surface area contributed by atoms with Crippen LogP contribution in [-0.2, 0) is 9.47 Å². The van der Waals surface area contributed by atoms with Crippen LogP contribution in [0.4, 0.5) is 0 Å². The molecule has 0 spiro atoms. The van der Waals surface area contributed by atoms with Crippen LogP contribution >= 0.6 is 0 Å². The molecule has 2 unspecified atom stereocenters. The van der Waals surface area contributed by atoms with E-state index in [1.807, 2.05) is 24.3 Å². The average molecular weight is 183 g/mol. The largest absolute Gasteiger partial charge is 0.374 e. The minimum Gasteiger partial charge on any atom is -0.374 e. The third-order valence-corrected chi connectivity index (χ3v) is 2.43. The van der Waals surface area contributed by atoms with Gasteiger partial charge in [0.15, 0.2) is 0 Å². The van der Waals surface area contributed by atoms with Crippen molar-refractivity contribution in [2.24, 2.45) is 5.73 Å². The van der Waals surface area contributed by atoms with E-state index in [2.05, 4.69) is 0 Å². The van der Waals surface area contributed by atoms with Gasteiger partial charge in [-0.2, -0.15) is 0 Å². The Balaban J connectivity index is 2.81. The van der Waals surface area contributed by atoms with Crippen LogP contribution in [0, 0.1) is 0 Å². The highest BCUT2D eigenvalue weighted by Gasteiger charge is 2.35. The molecule has 2 N–H and O–H groups in total. The highest BCUT2D eigenvalue weighted by molar-refractivity contribution is 5.23. The Morgan fingerprint density at radius 1 is 1.38 bits per heavy atom. The zero-order chi connectivity index (χ0) is 9.73. The number of allylic oxidation sites excluding steroid dienone is 2. The molecule has 1 aliphatic rings. The van der Waals surface area contributed by atoms with Gasteiger partial charge in [-0.05, 0) is 19.0 Å². The molecule has 2 atom stereocenters. The number of hydrogen-bond donors (Lipinski definition) is 1. The first-order valence-corrected chi connectivity index (χ1v) is 4.43. The highest BCUT2D eigenvalue weighted by Crippen LogP contribution is 2.27. The van der Waals surface area contributed by atoms with Gasteiger partial charge in [-0.15, -0.1) is 0 Å². The Morgan fingerprint density at radius 3 is 2.69 bits per heavy atom. The maximum Gasteiger partial charge on any atom is 0.117 e. The fraction of sp³-hybridized carbons (Fsp3) is 0.600. The van der Waals surface area contributed by atoms with Crippen molar-refractivity contribution in [2.45, 2.75) is 18.1 Å². The summed E-state index contributed by atoms with van der Waals surface area (Å²) < 4.78 is 10.8. The standard InChI is InChI=1S/C10H17NO2/c1-12-9-5-3-4-6-10(9,13-2)7-8-11/h3-6,9H,7-8,11H2,1-2H3. The summed E-state index contributed by atoms with van der Waals surface area (Å²) >= 11 is 0. The van der Waals surface area contributed by atoms with Gasteiger partial charge in [0.1, 0.15) is 11.7 Å². The van der Waals surface area contributed by atoms with Gasteiger partial charge in [0.25, 0.3) is 0 Å². The van der Waals surface area contributed by atoms with E-state index < -0.39 is 0 Å². The number of ether oxygens (including phenoxy) is 2. The molecule has 1 aliphatic carbocycles. The fourth-order valence-corrected chi connectivity index (χ4v) is 1.66. The fourth-order valence-electron chi connectivity index (χ4n) is 1.66. The normalized spacial score (nSPS) is 32.4. The lowest BCUT2D eigenvalue weighted by molar-refractivity contribution is -0.0694. The van der Waals surface area contributed by atoms with Gasteiger partial charge in [-0.25, -0.2) is 0 Å². The molecule has 0 radical (unpaired) electrons. The van der Waals surface area contributed by atoms with Crippen molar-refractivity contribution in [3.8, 4) is 0 Å². The van der Waals surface area contributed by atoms with E-state index in [1.165, 1.54) is 0 Å². The molecule has 0 bridgehead atoms. The van der Waals surface area contributed by atoms with Crippen LogP contribution in [0.1, 0.15) is 6.42 Å². The molecule has 74 valence electrons. The van der Waals surface area contributed by atoms with Crippen molar-refractivity contribution in [3.63, 3.8) is 0 Å². The van der Waals surface area contributed by atoms with Crippen LogP contribution in [0.3, 0.4) is 0 Å². The quantitative estimate of drug-likeness (QED) is 0.703. The van der Waals surface area contributed by atoms with Crippen molar-refractivity contribution < 1.29 is 9.47 Å². The lowest BCUT2D eigenvalue weighted by Gasteiger charge is -2.36. The molecule has 0 saturated carbocycles. The minimum atomic E-state index is -0.377. The lowest BCUT2D eigenvalue weighted by Crippen LogP contribution is -2.45. The predicted molar refractivity (Wildman–Crippen MR) is 52.5 cm³/mol. The molecule has 3 nitrogen and oxygen atoms in total. The first-order valence-electron chi connectivity index (χ1n) is 4.43. The molecule has 13 heavy (non-hydrogen) atoms. The second kappa shape index (κ2) is 4.56. The van der Waals surface area contributed by atoms with E-state index in [-0.39, 0.29) is 11.7 Å². The second-order valence-electron chi connectivity index (χ2n) is 3.10. The SMILES string of the molecule is COC1C=CC=CC1(CCN)OC. The van der Waals surface area contributed by atoms with Crippen molar-refractivity contribution in [1.82, 2.24) is 0 Å². The molecule has 0 aliphatic heterocycles. The molecule has 0 fully saturated rings. The smallest absolute Gasteiger partial charge is 0.117 e. The lowest BCUT2D eigenvalue weighted by atomic mass is 9.88. The van der Waals surface area contributed by atoms with Gasteiger partial charge in [0, 0.05) is 14.2 Å². The van der Waals surface area contributed by atoms with Crippen LogP contribution < -0.4 is 5.73 Å². The Hall–Kier alpha value is -0.640. The molecule has 3 heteroatoms. The zero-order valence-corrected chi connectivity index (χ0v) is 8.19. The zero-order valence-electron chi connectivity index (χ0n) is 8.19. The van der Waals surface area contributed by atoms with Crippen LogP contribution in [0.25, 0.3) is 0 Å². The molecular weight excluding hydrogens is 166 g/mol. The number of hydrogen-bond acceptors (Lipinski definition) is 3. The summed E-state index contributed by atoms with van der Waals surface area (Å²) in [5.41, 5.74) is 5.17. The van der Waals surface area contributed by atoms with E-state index in [4.69, 9.17) is 15.2 Å². The maximum atomic E-state index is 5.54. The Morgan fingerprint density at radius 2 is 2.15 bits per heavy atom. The summed E-state index contributed by atoms with van der Waals surface area (Å²) in [5, 5.41) is 0. The first-order chi connectivity index (χ1) is 6.29. The van der Waals surface area contributed by atoms with E-state index >= 15 is 0 Å². The highest BCUT2D eigenvalue weighted by atomic mass is 16.5.